The minimum absolute atomic E-state index is 0.0959. The summed E-state index contributed by atoms with van der Waals surface area (Å²) in [5, 5.41) is 15.8. The van der Waals surface area contributed by atoms with Crippen molar-refractivity contribution in [2.45, 2.75) is 24.7 Å². The topological polar surface area (TPSA) is 77.0 Å². The Bertz CT molecular complexity index is 860. The van der Waals surface area contributed by atoms with E-state index in [4.69, 9.17) is 4.99 Å². The van der Waals surface area contributed by atoms with Gasteiger partial charge in [0.05, 0.1) is 0 Å². The molecule has 31 heavy (non-hydrogen) atoms. The highest BCUT2D eigenvalue weighted by atomic mass is 32.2. The first-order valence-electron chi connectivity index (χ1n) is 10.9. The molecule has 0 saturated carbocycles. The second kappa shape index (κ2) is 12.2. The molecule has 2 aromatic carbocycles. The Kier molecular flexibility index (Phi) is 9.09. The Morgan fingerprint density at radius 3 is 2.81 bits per heavy atom. The van der Waals surface area contributed by atoms with E-state index in [1.54, 1.807) is 18.2 Å². The smallest absolute Gasteiger partial charge is 0.251 e. The minimum Gasteiger partial charge on any atom is -0.508 e. The van der Waals surface area contributed by atoms with Gasteiger partial charge in [0, 0.05) is 48.9 Å². The third kappa shape index (κ3) is 7.51. The summed E-state index contributed by atoms with van der Waals surface area (Å²) in [4.78, 5) is 20.6. The molecule has 166 valence electrons. The number of thioether (sulfide) groups is 1. The van der Waals surface area contributed by atoms with E-state index in [-0.39, 0.29) is 11.7 Å². The number of likely N-dealkylation sites (tertiary alicyclic amines) is 1. The molecule has 1 unspecified atom stereocenters. The SMILES string of the molecule is CCNC(=NCCCNC(=O)c1cccc(O)c1)N1CCC(CSc2ccccc2)C1. The molecule has 1 amide bonds. The fourth-order valence-electron chi connectivity index (χ4n) is 3.53. The third-order valence-corrected chi connectivity index (χ3v) is 6.38. The Morgan fingerprint density at radius 2 is 2.03 bits per heavy atom. The van der Waals surface area contributed by atoms with Gasteiger partial charge in [0.1, 0.15) is 5.75 Å². The predicted octanol–water partition coefficient (Wildman–Crippen LogP) is 3.59. The highest BCUT2D eigenvalue weighted by Crippen LogP contribution is 2.25. The van der Waals surface area contributed by atoms with E-state index in [0.29, 0.717) is 24.6 Å². The average molecular weight is 441 g/mol. The summed E-state index contributed by atoms with van der Waals surface area (Å²) in [6.45, 7) is 6.19. The van der Waals surface area contributed by atoms with Crippen molar-refractivity contribution in [1.82, 2.24) is 15.5 Å². The van der Waals surface area contributed by atoms with Crippen LogP contribution in [-0.2, 0) is 0 Å². The zero-order valence-electron chi connectivity index (χ0n) is 18.1. The van der Waals surface area contributed by atoms with Crippen LogP contribution in [-0.4, -0.2) is 60.3 Å². The van der Waals surface area contributed by atoms with Gasteiger partial charge >= 0.3 is 0 Å². The molecular weight excluding hydrogens is 408 g/mol. The highest BCUT2D eigenvalue weighted by molar-refractivity contribution is 7.99. The number of benzene rings is 2. The first-order chi connectivity index (χ1) is 15.2. The number of nitrogens with zero attached hydrogens (tertiary/aromatic N) is 2. The number of nitrogens with one attached hydrogen (secondary N) is 2. The average Bonchev–Trinajstić information content (AvgIpc) is 3.26. The van der Waals surface area contributed by atoms with Crippen molar-refractivity contribution >= 4 is 23.6 Å². The lowest BCUT2D eigenvalue weighted by Gasteiger charge is -2.21. The Hall–Kier alpha value is -2.67. The standard InChI is InChI=1S/C24H32N4O2S/c1-2-25-24(27-14-7-13-26-23(30)20-8-6-9-21(29)16-20)28-15-12-19(17-28)18-31-22-10-4-3-5-11-22/h3-6,8-11,16,19,29H,2,7,12-15,17-18H2,1H3,(H,25,27)(H,26,30). The molecule has 3 rings (SSSR count). The van der Waals surface area contributed by atoms with E-state index in [0.717, 1.165) is 37.8 Å². The van der Waals surface area contributed by atoms with Crippen LogP contribution >= 0.6 is 11.8 Å². The summed E-state index contributed by atoms with van der Waals surface area (Å²) in [5.74, 6) is 2.68. The fraction of sp³-hybridized carbons (Fsp3) is 0.417. The summed E-state index contributed by atoms with van der Waals surface area (Å²) < 4.78 is 0. The van der Waals surface area contributed by atoms with Gasteiger partial charge in [-0.15, -0.1) is 11.8 Å². The molecule has 0 aliphatic carbocycles. The maximum Gasteiger partial charge on any atom is 0.251 e. The molecule has 0 radical (unpaired) electrons. The van der Waals surface area contributed by atoms with E-state index in [9.17, 15) is 9.90 Å². The molecule has 3 N–H and O–H groups in total. The van der Waals surface area contributed by atoms with Gasteiger partial charge in [-0.3, -0.25) is 9.79 Å². The molecule has 2 aromatic rings. The number of hydrogen-bond acceptors (Lipinski definition) is 4. The fourth-order valence-corrected chi connectivity index (χ4v) is 4.58. The molecule has 0 aromatic heterocycles. The van der Waals surface area contributed by atoms with E-state index in [2.05, 4.69) is 52.8 Å². The number of phenolic OH excluding ortho intramolecular Hbond substituents is 1. The summed E-state index contributed by atoms with van der Waals surface area (Å²) >= 11 is 1.93. The van der Waals surface area contributed by atoms with Gasteiger partial charge in [-0.2, -0.15) is 0 Å². The highest BCUT2D eigenvalue weighted by Gasteiger charge is 2.24. The molecule has 0 bridgehead atoms. The normalized spacial score (nSPS) is 16.4. The second-order valence-corrected chi connectivity index (χ2v) is 8.71. The first kappa shape index (κ1) is 23.0. The predicted molar refractivity (Wildman–Crippen MR) is 128 cm³/mol. The van der Waals surface area contributed by atoms with Crippen molar-refractivity contribution < 1.29 is 9.90 Å². The monoisotopic (exact) mass is 440 g/mol. The van der Waals surface area contributed by atoms with E-state index in [1.165, 1.54) is 17.4 Å². The van der Waals surface area contributed by atoms with Gasteiger partial charge in [-0.25, -0.2) is 0 Å². The number of carbonyl (C=O) groups is 1. The van der Waals surface area contributed by atoms with Gasteiger partial charge < -0.3 is 20.6 Å². The van der Waals surface area contributed by atoms with Gasteiger partial charge in [-0.05, 0) is 56.0 Å². The van der Waals surface area contributed by atoms with Crippen LogP contribution in [0.2, 0.25) is 0 Å². The zero-order valence-corrected chi connectivity index (χ0v) is 18.9. The third-order valence-electron chi connectivity index (χ3n) is 5.14. The Morgan fingerprint density at radius 1 is 1.19 bits per heavy atom. The van der Waals surface area contributed by atoms with Crippen LogP contribution in [0.15, 0.2) is 64.5 Å². The van der Waals surface area contributed by atoms with E-state index >= 15 is 0 Å². The largest absolute Gasteiger partial charge is 0.508 e. The van der Waals surface area contributed by atoms with Crippen LogP contribution in [0.3, 0.4) is 0 Å². The lowest BCUT2D eigenvalue weighted by atomic mass is 10.2. The van der Waals surface area contributed by atoms with Crippen LogP contribution in [0, 0.1) is 5.92 Å². The van der Waals surface area contributed by atoms with Crippen LogP contribution in [0.5, 0.6) is 5.75 Å². The molecule has 6 nitrogen and oxygen atoms in total. The number of aromatic hydroxyl groups is 1. The van der Waals surface area contributed by atoms with Gasteiger partial charge in [0.2, 0.25) is 0 Å². The lowest BCUT2D eigenvalue weighted by Crippen LogP contribution is -2.40. The molecule has 1 aliphatic heterocycles. The summed E-state index contributed by atoms with van der Waals surface area (Å²) in [5.41, 5.74) is 0.466. The molecule has 7 heteroatoms. The number of rotatable bonds is 9. The minimum atomic E-state index is -0.176. The summed E-state index contributed by atoms with van der Waals surface area (Å²) in [6.07, 6.45) is 1.95. The maximum atomic E-state index is 12.1. The van der Waals surface area contributed by atoms with Gasteiger partial charge in [0.25, 0.3) is 5.91 Å². The number of amides is 1. The molecule has 1 fully saturated rings. The Labute approximate surface area is 189 Å². The van der Waals surface area contributed by atoms with E-state index < -0.39 is 0 Å². The molecule has 0 spiro atoms. The number of hydrogen-bond donors (Lipinski definition) is 3. The number of phenols is 1. The van der Waals surface area contributed by atoms with Crippen LogP contribution < -0.4 is 10.6 Å². The molecule has 1 atom stereocenters. The van der Waals surface area contributed by atoms with Crippen molar-refractivity contribution in [3.8, 4) is 5.75 Å². The van der Waals surface area contributed by atoms with Crippen molar-refractivity contribution in [3.63, 3.8) is 0 Å². The summed E-state index contributed by atoms with van der Waals surface area (Å²) in [7, 11) is 0. The molecule has 1 saturated heterocycles. The van der Waals surface area contributed by atoms with Crippen LogP contribution in [0.4, 0.5) is 0 Å². The molecule has 1 aliphatic rings. The van der Waals surface area contributed by atoms with Crippen LogP contribution in [0.1, 0.15) is 30.1 Å². The van der Waals surface area contributed by atoms with E-state index in [1.807, 2.05) is 11.8 Å². The number of aliphatic imine (C=N–C) groups is 1. The molecular formula is C24H32N4O2S. The number of carbonyl (C=O) groups excluding carboxylic acids is 1. The lowest BCUT2D eigenvalue weighted by molar-refractivity contribution is 0.0953. The number of guanidine groups is 1. The van der Waals surface area contributed by atoms with Crippen molar-refractivity contribution in [2.75, 3.05) is 38.5 Å². The first-order valence-corrected chi connectivity index (χ1v) is 11.9. The van der Waals surface area contributed by atoms with Crippen molar-refractivity contribution in [3.05, 3.63) is 60.2 Å². The van der Waals surface area contributed by atoms with Gasteiger partial charge in [-0.1, -0.05) is 24.3 Å². The quantitative estimate of drug-likeness (QED) is 0.240. The Balaban J connectivity index is 1.40. The zero-order chi connectivity index (χ0) is 21.9. The second-order valence-electron chi connectivity index (χ2n) is 7.62. The molecule has 1 heterocycles. The maximum absolute atomic E-state index is 12.1. The van der Waals surface area contributed by atoms with Crippen molar-refractivity contribution in [1.29, 1.82) is 0 Å². The van der Waals surface area contributed by atoms with Crippen molar-refractivity contribution in [2.24, 2.45) is 10.9 Å². The van der Waals surface area contributed by atoms with Gasteiger partial charge in [0.15, 0.2) is 5.96 Å². The van der Waals surface area contributed by atoms with Crippen LogP contribution in [0.25, 0.3) is 0 Å². The summed E-state index contributed by atoms with van der Waals surface area (Å²) in [6, 6.07) is 16.9.